The lowest BCUT2D eigenvalue weighted by molar-refractivity contribution is -0.129. The molecule has 122 valence electrons. The summed E-state index contributed by atoms with van der Waals surface area (Å²) in [5.41, 5.74) is 4.39. The van der Waals surface area contributed by atoms with Crippen LogP contribution in [-0.4, -0.2) is 50.4 Å². The summed E-state index contributed by atoms with van der Waals surface area (Å²) in [7, 11) is -1.29. The lowest BCUT2D eigenvalue weighted by Gasteiger charge is -2.24. The van der Waals surface area contributed by atoms with E-state index in [9.17, 15) is 13.2 Å². The van der Waals surface area contributed by atoms with Gasteiger partial charge in [-0.2, -0.15) is 0 Å². The van der Waals surface area contributed by atoms with Crippen LogP contribution in [0.2, 0.25) is 0 Å². The Balaban J connectivity index is 1.99. The zero-order chi connectivity index (χ0) is 16.5. The number of rotatable bonds is 4. The van der Waals surface area contributed by atoms with E-state index in [0.717, 1.165) is 16.8 Å². The summed E-state index contributed by atoms with van der Waals surface area (Å²) in [5, 5.41) is 3.19. The summed E-state index contributed by atoms with van der Waals surface area (Å²) in [6.07, 6.45) is 0.535. The molecule has 1 aromatic carbocycles. The van der Waals surface area contributed by atoms with Crippen LogP contribution >= 0.6 is 0 Å². The van der Waals surface area contributed by atoms with Crippen molar-refractivity contribution in [3.05, 3.63) is 28.8 Å². The molecule has 0 bridgehead atoms. The highest BCUT2D eigenvalue weighted by Gasteiger charge is 2.32. The van der Waals surface area contributed by atoms with Gasteiger partial charge in [0.25, 0.3) is 0 Å². The van der Waals surface area contributed by atoms with Crippen LogP contribution in [0.25, 0.3) is 0 Å². The number of amides is 1. The summed E-state index contributed by atoms with van der Waals surface area (Å²) < 4.78 is 23.0. The van der Waals surface area contributed by atoms with Crippen molar-refractivity contribution in [3.63, 3.8) is 0 Å². The van der Waals surface area contributed by atoms with Crippen molar-refractivity contribution in [3.8, 4) is 0 Å². The van der Waals surface area contributed by atoms with Crippen molar-refractivity contribution < 1.29 is 13.2 Å². The van der Waals surface area contributed by atoms with Crippen LogP contribution in [0.3, 0.4) is 0 Å². The predicted molar refractivity (Wildman–Crippen MR) is 89.0 cm³/mol. The molecule has 1 aliphatic heterocycles. The maximum absolute atomic E-state index is 12.3. The average molecular weight is 324 g/mol. The minimum atomic E-state index is -2.97. The third kappa shape index (κ3) is 3.80. The van der Waals surface area contributed by atoms with E-state index in [-0.39, 0.29) is 30.0 Å². The Morgan fingerprint density at radius 1 is 1.27 bits per heavy atom. The summed E-state index contributed by atoms with van der Waals surface area (Å²) >= 11 is 0. The summed E-state index contributed by atoms with van der Waals surface area (Å²) in [6, 6.07) is 3.96. The molecule has 1 unspecified atom stereocenters. The minimum absolute atomic E-state index is 0.0812. The van der Waals surface area contributed by atoms with Gasteiger partial charge in [0.1, 0.15) is 0 Å². The second-order valence-electron chi connectivity index (χ2n) is 6.19. The molecule has 0 spiro atoms. The first-order valence-corrected chi connectivity index (χ1v) is 9.29. The highest BCUT2D eigenvalue weighted by atomic mass is 32.2. The van der Waals surface area contributed by atoms with E-state index in [1.165, 1.54) is 5.56 Å². The number of benzene rings is 1. The molecule has 1 saturated heterocycles. The summed E-state index contributed by atoms with van der Waals surface area (Å²) in [4.78, 5) is 13.8. The third-order valence-electron chi connectivity index (χ3n) is 4.24. The van der Waals surface area contributed by atoms with Gasteiger partial charge in [-0.3, -0.25) is 4.79 Å². The van der Waals surface area contributed by atoms with Gasteiger partial charge in [0.15, 0.2) is 9.84 Å². The fraction of sp³-hybridized carbons (Fsp3) is 0.562. The molecule has 0 aromatic heterocycles. The first-order valence-electron chi connectivity index (χ1n) is 7.47. The Morgan fingerprint density at radius 2 is 1.86 bits per heavy atom. The maximum atomic E-state index is 12.3. The minimum Gasteiger partial charge on any atom is -0.376 e. The largest absolute Gasteiger partial charge is 0.376 e. The van der Waals surface area contributed by atoms with Crippen LogP contribution in [0.5, 0.6) is 0 Å². The Morgan fingerprint density at radius 3 is 2.36 bits per heavy atom. The highest BCUT2D eigenvalue weighted by molar-refractivity contribution is 7.91. The molecule has 1 aliphatic rings. The van der Waals surface area contributed by atoms with Gasteiger partial charge in [-0.15, -0.1) is 0 Å². The molecule has 22 heavy (non-hydrogen) atoms. The van der Waals surface area contributed by atoms with Crippen LogP contribution in [0.15, 0.2) is 12.1 Å². The molecule has 5 nitrogen and oxygen atoms in total. The molecule has 1 N–H and O–H groups in total. The second kappa shape index (κ2) is 6.28. The van der Waals surface area contributed by atoms with Gasteiger partial charge in [-0.25, -0.2) is 8.42 Å². The number of aryl methyl sites for hydroxylation is 3. The fourth-order valence-electron chi connectivity index (χ4n) is 3.03. The van der Waals surface area contributed by atoms with E-state index < -0.39 is 9.84 Å². The molecule has 1 heterocycles. The number of sulfone groups is 1. The first-order chi connectivity index (χ1) is 10.2. The fourth-order valence-corrected chi connectivity index (χ4v) is 4.81. The van der Waals surface area contributed by atoms with Crippen LogP contribution < -0.4 is 5.32 Å². The number of carbonyl (C=O) groups excluding carboxylic acids is 1. The lowest BCUT2D eigenvalue weighted by atomic mass is 10.1. The number of nitrogens with one attached hydrogen (secondary N) is 1. The standard InChI is InChI=1S/C16H24N2O3S/c1-11-7-12(2)16(13(3)8-11)17-9-15(19)18(4)14-5-6-22(20,21)10-14/h7-8,14,17H,5-6,9-10H2,1-4H3. The molecule has 2 rings (SSSR count). The molecule has 6 heteroatoms. The van der Waals surface area contributed by atoms with E-state index in [4.69, 9.17) is 0 Å². The van der Waals surface area contributed by atoms with Crippen LogP contribution in [-0.2, 0) is 14.6 Å². The normalized spacial score (nSPS) is 19.9. The van der Waals surface area contributed by atoms with E-state index in [2.05, 4.69) is 17.4 Å². The van der Waals surface area contributed by atoms with E-state index in [1.54, 1.807) is 11.9 Å². The van der Waals surface area contributed by atoms with Crippen LogP contribution in [0, 0.1) is 20.8 Å². The number of hydrogen-bond acceptors (Lipinski definition) is 4. The van der Waals surface area contributed by atoms with Gasteiger partial charge >= 0.3 is 0 Å². The molecule has 1 aromatic rings. The van der Waals surface area contributed by atoms with Crippen molar-refractivity contribution in [1.29, 1.82) is 0 Å². The molecule has 0 saturated carbocycles. The molecule has 1 fully saturated rings. The molecule has 0 aliphatic carbocycles. The molecular weight excluding hydrogens is 300 g/mol. The quantitative estimate of drug-likeness (QED) is 0.915. The van der Waals surface area contributed by atoms with E-state index >= 15 is 0 Å². The monoisotopic (exact) mass is 324 g/mol. The van der Waals surface area contributed by atoms with E-state index in [0.29, 0.717) is 6.42 Å². The zero-order valence-corrected chi connectivity index (χ0v) is 14.5. The summed E-state index contributed by atoms with van der Waals surface area (Å²) in [5.74, 6) is 0.179. The smallest absolute Gasteiger partial charge is 0.241 e. The second-order valence-corrected chi connectivity index (χ2v) is 8.42. The average Bonchev–Trinajstić information content (AvgIpc) is 2.76. The number of anilines is 1. The zero-order valence-electron chi connectivity index (χ0n) is 13.6. The van der Waals surface area contributed by atoms with Crippen LogP contribution in [0.1, 0.15) is 23.1 Å². The first kappa shape index (κ1) is 16.8. The van der Waals surface area contributed by atoms with E-state index in [1.807, 2.05) is 20.8 Å². The molecule has 1 atom stereocenters. The SMILES string of the molecule is Cc1cc(C)c(NCC(=O)N(C)C2CCS(=O)(=O)C2)c(C)c1. The van der Waals surface area contributed by atoms with Gasteiger partial charge < -0.3 is 10.2 Å². The number of hydrogen-bond donors (Lipinski definition) is 1. The number of nitrogens with zero attached hydrogens (tertiary/aromatic N) is 1. The summed E-state index contributed by atoms with van der Waals surface area (Å²) in [6.45, 7) is 6.25. The molecular formula is C16H24N2O3S. The lowest BCUT2D eigenvalue weighted by Crippen LogP contribution is -2.41. The van der Waals surface area contributed by atoms with Crippen molar-refractivity contribution >= 4 is 21.4 Å². The predicted octanol–water partition coefficient (Wildman–Crippen LogP) is 1.67. The number of likely N-dealkylation sites (N-methyl/N-ethyl adjacent to an activating group) is 1. The third-order valence-corrected chi connectivity index (χ3v) is 5.99. The number of carbonyl (C=O) groups is 1. The van der Waals surface area contributed by atoms with Crippen molar-refractivity contribution in [2.24, 2.45) is 0 Å². The van der Waals surface area contributed by atoms with Crippen molar-refractivity contribution in [1.82, 2.24) is 4.90 Å². The topological polar surface area (TPSA) is 66.5 Å². The van der Waals surface area contributed by atoms with Crippen molar-refractivity contribution in [2.45, 2.75) is 33.2 Å². The maximum Gasteiger partial charge on any atom is 0.241 e. The van der Waals surface area contributed by atoms with Gasteiger partial charge in [0.2, 0.25) is 5.91 Å². The van der Waals surface area contributed by atoms with Gasteiger partial charge in [-0.1, -0.05) is 17.7 Å². The van der Waals surface area contributed by atoms with Gasteiger partial charge in [0, 0.05) is 18.8 Å². The Labute approximate surface area is 132 Å². The molecule has 1 amide bonds. The van der Waals surface area contributed by atoms with Gasteiger partial charge in [-0.05, 0) is 38.3 Å². The van der Waals surface area contributed by atoms with Gasteiger partial charge in [0.05, 0.1) is 18.1 Å². The molecule has 0 radical (unpaired) electrons. The Bertz CT molecular complexity index is 660. The van der Waals surface area contributed by atoms with Crippen LogP contribution in [0.4, 0.5) is 5.69 Å². The Kier molecular flexibility index (Phi) is 4.80. The highest BCUT2D eigenvalue weighted by Crippen LogP contribution is 2.22. The van der Waals surface area contributed by atoms with Crippen molar-refractivity contribution in [2.75, 3.05) is 30.4 Å². The Hall–Kier alpha value is -1.56.